The Hall–Kier alpha value is -3.48. The van der Waals surface area contributed by atoms with Crippen molar-refractivity contribution in [2.45, 2.75) is 19.4 Å². The van der Waals surface area contributed by atoms with Crippen LogP contribution in [0.5, 0.6) is 0 Å². The summed E-state index contributed by atoms with van der Waals surface area (Å²) in [5.74, 6) is -0.0992. The molecule has 0 aliphatic carbocycles. The van der Waals surface area contributed by atoms with Gasteiger partial charge in [0.25, 0.3) is 5.56 Å². The van der Waals surface area contributed by atoms with E-state index in [4.69, 9.17) is 0 Å². The van der Waals surface area contributed by atoms with Crippen molar-refractivity contribution in [1.82, 2.24) is 14.0 Å². The molecule has 0 unspecified atom stereocenters. The van der Waals surface area contributed by atoms with Gasteiger partial charge in [0, 0.05) is 25.4 Å². The molecule has 3 aromatic heterocycles. The minimum atomic E-state index is -0.407. The molecule has 0 saturated heterocycles. The number of aryl methyl sites for hydroxylation is 1. The Balaban J connectivity index is 1.58. The maximum absolute atomic E-state index is 13.8. The molecule has 4 rings (SSSR count). The fourth-order valence-corrected chi connectivity index (χ4v) is 3.19. The Kier molecular flexibility index (Phi) is 4.42. The first-order valence-electron chi connectivity index (χ1n) is 8.63. The zero-order valence-electron chi connectivity index (χ0n) is 14.4. The highest BCUT2D eigenvalue weighted by Gasteiger charge is 2.12. The molecule has 0 atom stereocenters. The molecule has 7 heteroatoms. The van der Waals surface area contributed by atoms with E-state index in [0.717, 1.165) is 5.52 Å². The lowest BCUT2D eigenvalue weighted by Crippen LogP contribution is -2.23. The topological polar surface area (TPSA) is 68.4 Å². The standard InChI is InChI=1S/C20H17FN4O2/c21-14-8-9-15-17(13-14)25(20(27)16-5-3-11-24(15)16)12-4-7-19(26)23-18-6-1-2-10-22-18/h1-3,5-6,8-11,13H,4,7,12H2,(H,22,23,26). The van der Waals surface area contributed by atoms with Crippen molar-refractivity contribution in [1.29, 1.82) is 0 Å². The summed E-state index contributed by atoms with van der Waals surface area (Å²) >= 11 is 0. The second kappa shape index (κ2) is 7.03. The van der Waals surface area contributed by atoms with Gasteiger partial charge < -0.3 is 14.3 Å². The molecule has 27 heavy (non-hydrogen) atoms. The smallest absolute Gasteiger partial charge is 0.275 e. The number of halogens is 1. The number of pyridine rings is 1. The van der Waals surface area contributed by atoms with E-state index in [9.17, 15) is 14.0 Å². The second-order valence-electron chi connectivity index (χ2n) is 6.22. The van der Waals surface area contributed by atoms with Crippen LogP contribution in [0, 0.1) is 5.82 Å². The second-order valence-corrected chi connectivity index (χ2v) is 6.22. The largest absolute Gasteiger partial charge is 0.311 e. The molecule has 1 aromatic carbocycles. The van der Waals surface area contributed by atoms with E-state index in [1.807, 2.05) is 0 Å². The third-order valence-corrected chi connectivity index (χ3v) is 4.42. The maximum Gasteiger partial charge on any atom is 0.275 e. The van der Waals surface area contributed by atoms with Gasteiger partial charge in [0.15, 0.2) is 0 Å². The van der Waals surface area contributed by atoms with Gasteiger partial charge in [0.05, 0.1) is 11.0 Å². The summed E-state index contributed by atoms with van der Waals surface area (Å²) in [6, 6.07) is 13.2. The first kappa shape index (κ1) is 17.0. The van der Waals surface area contributed by atoms with Gasteiger partial charge >= 0.3 is 0 Å². The Morgan fingerprint density at radius 3 is 2.78 bits per heavy atom. The fourth-order valence-electron chi connectivity index (χ4n) is 3.19. The molecule has 1 amide bonds. The number of anilines is 1. The third kappa shape index (κ3) is 3.31. The molecule has 136 valence electrons. The van der Waals surface area contributed by atoms with E-state index in [-0.39, 0.29) is 17.9 Å². The van der Waals surface area contributed by atoms with Crippen molar-refractivity contribution in [2.24, 2.45) is 0 Å². The summed E-state index contributed by atoms with van der Waals surface area (Å²) in [7, 11) is 0. The molecule has 0 bridgehead atoms. The number of amides is 1. The Morgan fingerprint density at radius 2 is 1.96 bits per heavy atom. The van der Waals surface area contributed by atoms with Crippen molar-refractivity contribution < 1.29 is 9.18 Å². The lowest BCUT2D eigenvalue weighted by molar-refractivity contribution is -0.116. The highest BCUT2D eigenvalue weighted by atomic mass is 19.1. The van der Waals surface area contributed by atoms with E-state index >= 15 is 0 Å². The Labute approximate surface area is 153 Å². The van der Waals surface area contributed by atoms with Crippen LogP contribution < -0.4 is 10.9 Å². The number of benzene rings is 1. The number of hydrogen-bond acceptors (Lipinski definition) is 3. The number of aromatic nitrogens is 3. The van der Waals surface area contributed by atoms with Crippen LogP contribution in [-0.2, 0) is 11.3 Å². The van der Waals surface area contributed by atoms with Crippen LogP contribution in [0.15, 0.2) is 65.7 Å². The van der Waals surface area contributed by atoms with E-state index < -0.39 is 5.82 Å². The first-order chi connectivity index (χ1) is 13.1. The molecular weight excluding hydrogens is 347 g/mol. The van der Waals surface area contributed by atoms with Gasteiger partial charge in [-0.2, -0.15) is 0 Å². The highest BCUT2D eigenvalue weighted by Crippen LogP contribution is 2.17. The van der Waals surface area contributed by atoms with Crippen molar-refractivity contribution in [2.75, 3.05) is 5.32 Å². The summed E-state index contributed by atoms with van der Waals surface area (Å²) in [6.45, 7) is 0.316. The van der Waals surface area contributed by atoms with Crippen LogP contribution in [0.3, 0.4) is 0 Å². The zero-order chi connectivity index (χ0) is 18.8. The van der Waals surface area contributed by atoms with Gasteiger partial charge in [-0.25, -0.2) is 9.37 Å². The van der Waals surface area contributed by atoms with Crippen molar-refractivity contribution in [3.8, 4) is 0 Å². The SMILES string of the molecule is O=C(CCCn1c(=O)c2cccn2c2ccc(F)cc21)Nc1ccccn1. The number of carbonyl (C=O) groups is 1. The number of nitrogens with zero attached hydrogens (tertiary/aromatic N) is 3. The lowest BCUT2D eigenvalue weighted by Gasteiger charge is -2.12. The molecule has 0 aliphatic rings. The minimum Gasteiger partial charge on any atom is -0.311 e. The first-order valence-corrected chi connectivity index (χ1v) is 8.63. The summed E-state index contributed by atoms with van der Waals surface area (Å²) in [4.78, 5) is 28.9. The van der Waals surface area contributed by atoms with Gasteiger partial charge in [0.2, 0.25) is 5.91 Å². The summed E-state index contributed by atoms with van der Waals surface area (Å²) in [5.41, 5.74) is 1.57. The maximum atomic E-state index is 13.8. The molecule has 6 nitrogen and oxygen atoms in total. The quantitative estimate of drug-likeness (QED) is 0.591. The van der Waals surface area contributed by atoms with Gasteiger partial charge in [0.1, 0.15) is 17.2 Å². The van der Waals surface area contributed by atoms with Crippen LogP contribution in [0.1, 0.15) is 12.8 Å². The van der Waals surface area contributed by atoms with Crippen LogP contribution >= 0.6 is 0 Å². The lowest BCUT2D eigenvalue weighted by atomic mass is 10.2. The highest BCUT2D eigenvalue weighted by molar-refractivity contribution is 5.89. The van der Waals surface area contributed by atoms with Crippen molar-refractivity contribution >= 4 is 28.3 Å². The van der Waals surface area contributed by atoms with Gasteiger partial charge in [-0.3, -0.25) is 9.59 Å². The van der Waals surface area contributed by atoms with Crippen LogP contribution in [-0.4, -0.2) is 19.9 Å². The molecular formula is C20H17FN4O2. The average Bonchev–Trinajstić information content (AvgIpc) is 3.15. The average molecular weight is 364 g/mol. The van der Waals surface area contributed by atoms with Gasteiger partial charge in [-0.05, 0) is 48.9 Å². The monoisotopic (exact) mass is 364 g/mol. The molecule has 0 aliphatic heterocycles. The summed E-state index contributed by atoms with van der Waals surface area (Å²) in [5, 5.41) is 2.71. The molecule has 0 spiro atoms. The van der Waals surface area contributed by atoms with E-state index in [1.165, 1.54) is 16.7 Å². The predicted molar refractivity (Wildman–Crippen MR) is 101 cm³/mol. The number of nitrogens with one attached hydrogen (secondary N) is 1. The number of carbonyl (C=O) groups excluding carboxylic acids is 1. The van der Waals surface area contributed by atoms with Crippen molar-refractivity contribution in [3.05, 3.63) is 77.1 Å². The predicted octanol–water partition coefficient (Wildman–Crippen LogP) is 3.21. The van der Waals surface area contributed by atoms with Crippen LogP contribution in [0.2, 0.25) is 0 Å². The zero-order valence-corrected chi connectivity index (χ0v) is 14.4. The summed E-state index contributed by atoms with van der Waals surface area (Å²) < 4.78 is 17.1. The Bertz CT molecular complexity index is 1180. The van der Waals surface area contributed by atoms with E-state index in [1.54, 1.807) is 53.2 Å². The molecule has 4 aromatic rings. The molecule has 0 radical (unpaired) electrons. The Morgan fingerprint density at radius 1 is 1.07 bits per heavy atom. The van der Waals surface area contributed by atoms with Gasteiger partial charge in [-0.1, -0.05) is 6.07 Å². The fraction of sp³-hybridized carbons (Fsp3) is 0.150. The normalized spacial score (nSPS) is 11.1. The molecule has 0 saturated carbocycles. The van der Waals surface area contributed by atoms with Crippen molar-refractivity contribution in [3.63, 3.8) is 0 Å². The summed E-state index contributed by atoms with van der Waals surface area (Å²) in [6.07, 6.45) is 4.05. The van der Waals surface area contributed by atoms with Gasteiger partial charge in [-0.15, -0.1) is 0 Å². The van der Waals surface area contributed by atoms with E-state index in [0.29, 0.717) is 29.8 Å². The molecule has 1 N–H and O–H groups in total. The minimum absolute atomic E-state index is 0.180. The molecule has 3 heterocycles. The van der Waals surface area contributed by atoms with Crippen LogP contribution in [0.4, 0.5) is 10.2 Å². The molecule has 0 fully saturated rings. The number of hydrogen-bond donors (Lipinski definition) is 1. The number of rotatable bonds is 5. The van der Waals surface area contributed by atoms with Crippen LogP contribution in [0.25, 0.3) is 16.6 Å². The number of fused-ring (bicyclic) bond motifs is 3. The van der Waals surface area contributed by atoms with E-state index in [2.05, 4.69) is 10.3 Å². The third-order valence-electron chi connectivity index (χ3n) is 4.42.